The third kappa shape index (κ3) is 6.44. The number of aromatic nitrogens is 2. The summed E-state index contributed by atoms with van der Waals surface area (Å²) in [5, 5.41) is 7.55. The van der Waals surface area contributed by atoms with Crippen LogP contribution in [0.3, 0.4) is 0 Å². The molecule has 0 bridgehead atoms. The van der Waals surface area contributed by atoms with Gasteiger partial charge in [-0.15, -0.1) is 9.94 Å². The molecule has 5 rings (SSSR count). The van der Waals surface area contributed by atoms with Gasteiger partial charge < -0.3 is 14.9 Å². The van der Waals surface area contributed by atoms with Gasteiger partial charge in [0, 0.05) is 17.7 Å². The first-order valence-corrected chi connectivity index (χ1v) is 12.1. The van der Waals surface area contributed by atoms with Crippen LogP contribution in [0.5, 0.6) is 0 Å². The van der Waals surface area contributed by atoms with Crippen molar-refractivity contribution in [3.05, 3.63) is 138 Å². The van der Waals surface area contributed by atoms with E-state index in [1.165, 1.54) is 4.85 Å². The van der Waals surface area contributed by atoms with Crippen LogP contribution >= 0.6 is 0 Å². The first kappa shape index (κ1) is 23.9. The number of carbonyl (C=O) groups is 1. The highest BCUT2D eigenvalue weighted by atomic mass is 16.7. The van der Waals surface area contributed by atoms with Gasteiger partial charge in [-0.05, 0) is 28.3 Å². The van der Waals surface area contributed by atoms with Crippen molar-refractivity contribution in [1.29, 1.82) is 0 Å². The Hall–Kier alpha value is -4.84. The predicted molar refractivity (Wildman–Crippen MR) is 143 cm³/mol. The Morgan fingerprint density at radius 2 is 1.30 bits per heavy atom. The molecule has 184 valence electrons. The van der Waals surface area contributed by atoms with Crippen LogP contribution in [0.2, 0.25) is 0 Å². The Labute approximate surface area is 216 Å². The van der Waals surface area contributed by atoms with E-state index in [1.807, 2.05) is 91.0 Å². The predicted octanol–water partition coefficient (Wildman–Crippen LogP) is 6.27. The van der Waals surface area contributed by atoms with Gasteiger partial charge in [-0.3, -0.25) is 0 Å². The largest absolute Gasteiger partial charge is 0.445 e. The van der Waals surface area contributed by atoms with Crippen molar-refractivity contribution in [2.75, 3.05) is 0 Å². The van der Waals surface area contributed by atoms with Gasteiger partial charge in [-0.2, -0.15) is 0 Å². The molecule has 0 radical (unpaired) electrons. The van der Waals surface area contributed by atoms with E-state index in [1.54, 1.807) is 6.20 Å². The van der Waals surface area contributed by atoms with Crippen molar-refractivity contribution >= 4 is 6.09 Å². The zero-order valence-electron chi connectivity index (χ0n) is 20.3. The van der Waals surface area contributed by atoms with E-state index >= 15 is 0 Å². The van der Waals surface area contributed by atoms with Crippen LogP contribution in [-0.4, -0.2) is 16.0 Å². The minimum absolute atomic E-state index is 0.206. The quantitative estimate of drug-likeness (QED) is 0.265. The summed E-state index contributed by atoms with van der Waals surface area (Å²) in [7, 11) is 0. The molecular formula is C31H27N3O3. The van der Waals surface area contributed by atoms with Gasteiger partial charge in [0.25, 0.3) is 0 Å². The molecule has 6 nitrogen and oxygen atoms in total. The lowest BCUT2D eigenvalue weighted by molar-refractivity contribution is 0.0703. The summed E-state index contributed by atoms with van der Waals surface area (Å²) in [6.07, 6.45) is 1.30. The Balaban J connectivity index is 1.34. The molecule has 5 aromatic rings. The molecule has 1 heterocycles. The highest BCUT2D eigenvalue weighted by molar-refractivity contribution is 5.73. The topological polar surface area (TPSA) is 65.4 Å². The third-order valence-corrected chi connectivity index (χ3v) is 5.85. The van der Waals surface area contributed by atoms with E-state index in [4.69, 9.17) is 14.7 Å². The number of nitrogens with zero attached hydrogens (tertiary/aromatic N) is 2. The second kappa shape index (κ2) is 11.7. The summed E-state index contributed by atoms with van der Waals surface area (Å²) in [4.78, 5) is 19.8. The molecule has 0 atom stereocenters. The SMILES string of the molecule is O=C(NCc1cn(OCc2ccccc2)nc1-c1cccc(-c2ccccc2)c1)OCc1ccccc1. The van der Waals surface area contributed by atoms with Crippen LogP contribution in [0.1, 0.15) is 16.7 Å². The monoisotopic (exact) mass is 489 g/mol. The third-order valence-electron chi connectivity index (χ3n) is 5.85. The molecule has 1 aromatic heterocycles. The average Bonchev–Trinajstić information content (AvgIpc) is 3.39. The van der Waals surface area contributed by atoms with Crippen molar-refractivity contribution in [3.63, 3.8) is 0 Å². The van der Waals surface area contributed by atoms with Gasteiger partial charge in [0.2, 0.25) is 0 Å². The van der Waals surface area contributed by atoms with E-state index in [0.29, 0.717) is 6.61 Å². The number of hydrogen-bond donors (Lipinski definition) is 1. The molecule has 0 aliphatic carbocycles. The molecule has 0 spiro atoms. The summed E-state index contributed by atoms with van der Waals surface area (Å²) < 4.78 is 5.38. The summed E-state index contributed by atoms with van der Waals surface area (Å²) in [5.74, 6) is 0. The first-order chi connectivity index (χ1) is 18.2. The molecular weight excluding hydrogens is 462 g/mol. The second-order valence-electron chi connectivity index (χ2n) is 8.53. The lowest BCUT2D eigenvalue weighted by Crippen LogP contribution is -2.23. The Morgan fingerprint density at radius 3 is 2.00 bits per heavy atom. The van der Waals surface area contributed by atoms with Crippen molar-refractivity contribution < 1.29 is 14.4 Å². The van der Waals surface area contributed by atoms with Gasteiger partial charge in [-0.25, -0.2) is 4.79 Å². The van der Waals surface area contributed by atoms with Crippen LogP contribution in [0, 0.1) is 0 Å². The van der Waals surface area contributed by atoms with Crippen LogP contribution in [0.15, 0.2) is 121 Å². The van der Waals surface area contributed by atoms with Crippen molar-refractivity contribution in [2.24, 2.45) is 0 Å². The number of alkyl carbamates (subject to hydrolysis) is 1. The number of hydrogen-bond acceptors (Lipinski definition) is 4. The van der Waals surface area contributed by atoms with Gasteiger partial charge in [0.05, 0.1) is 6.20 Å². The maximum atomic E-state index is 12.4. The lowest BCUT2D eigenvalue weighted by atomic mass is 10.0. The van der Waals surface area contributed by atoms with Crippen LogP contribution in [0.25, 0.3) is 22.4 Å². The van der Waals surface area contributed by atoms with E-state index in [2.05, 4.69) is 29.6 Å². The van der Waals surface area contributed by atoms with Crippen LogP contribution < -0.4 is 10.2 Å². The molecule has 1 amide bonds. The van der Waals surface area contributed by atoms with E-state index in [9.17, 15) is 4.79 Å². The molecule has 1 N–H and O–H groups in total. The van der Waals surface area contributed by atoms with E-state index < -0.39 is 6.09 Å². The van der Waals surface area contributed by atoms with Gasteiger partial charge in [-0.1, -0.05) is 109 Å². The highest BCUT2D eigenvalue weighted by Crippen LogP contribution is 2.27. The summed E-state index contributed by atoms with van der Waals surface area (Å²) in [6.45, 7) is 0.823. The smallest absolute Gasteiger partial charge is 0.407 e. The molecule has 0 unspecified atom stereocenters. The fourth-order valence-electron chi connectivity index (χ4n) is 3.96. The standard InChI is InChI=1S/C31H27N3O3/c35-31(36-22-24-11-4-1-5-12-24)32-20-29-21-34(37-23-25-13-6-2-7-14-25)33-30(29)28-18-10-17-27(19-28)26-15-8-3-9-16-26/h1-19,21H,20,22-23H2,(H,32,35). The van der Waals surface area contributed by atoms with Crippen molar-refractivity contribution in [3.8, 4) is 22.4 Å². The number of amides is 1. The minimum Gasteiger partial charge on any atom is -0.445 e. The fraction of sp³-hybridized carbons (Fsp3) is 0.0968. The van der Waals surface area contributed by atoms with Crippen molar-refractivity contribution in [1.82, 2.24) is 15.3 Å². The minimum atomic E-state index is -0.495. The maximum absolute atomic E-state index is 12.4. The number of nitrogens with one attached hydrogen (secondary N) is 1. The lowest BCUT2D eigenvalue weighted by Gasteiger charge is -2.08. The zero-order valence-corrected chi connectivity index (χ0v) is 20.3. The molecule has 0 saturated carbocycles. The molecule has 0 saturated heterocycles. The maximum Gasteiger partial charge on any atom is 0.407 e. The molecule has 0 aliphatic rings. The van der Waals surface area contributed by atoms with E-state index in [0.717, 1.165) is 39.1 Å². The summed E-state index contributed by atoms with van der Waals surface area (Å²) >= 11 is 0. The molecule has 6 heteroatoms. The zero-order chi connectivity index (χ0) is 25.3. The number of ether oxygens (including phenoxy) is 1. The summed E-state index contributed by atoms with van der Waals surface area (Å²) in [6, 6.07) is 37.9. The van der Waals surface area contributed by atoms with Gasteiger partial charge in [0.15, 0.2) is 0 Å². The fourth-order valence-corrected chi connectivity index (χ4v) is 3.96. The molecule has 37 heavy (non-hydrogen) atoms. The average molecular weight is 490 g/mol. The van der Waals surface area contributed by atoms with E-state index in [-0.39, 0.29) is 13.2 Å². The number of benzene rings is 4. The van der Waals surface area contributed by atoms with Gasteiger partial charge in [0.1, 0.15) is 18.9 Å². The normalized spacial score (nSPS) is 10.6. The van der Waals surface area contributed by atoms with Gasteiger partial charge >= 0.3 is 6.09 Å². The Morgan fingerprint density at radius 1 is 0.703 bits per heavy atom. The Bertz CT molecular complexity index is 1430. The number of rotatable bonds is 9. The van der Waals surface area contributed by atoms with Crippen molar-refractivity contribution in [2.45, 2.75) is 19.8 Å². The van der Waals surface area contributed by atoms with Crippen LogP contribution in [-0.2, 0) is 24.5 Å². The number of carbonyl (C=O) groups excluding carboxylic acids is 1. The molecule has 4 aromatic carbocycles. The first-order valence-electron chi connectivity index (χ1n) is 12.1. The Kier molecular flexibility index (Phi) is 7.57. The highest BCUT2D eigenvalue weighted by Gasteiger charge is 2.15. The molecule has 0 fully saturated rings. The second-order valence-corrected chi connectivity index (χ2v) is 8.53. The summed E-state index contributed by atoms with van der Waals surface area (Å²) in [5.41, 5.74) is 6.64. The van der Waals surface area contributed by atoms with Crippen LogP contribution in [0.4, 0.5) is 4.79 Å². The molecule has 0 aliphatic heterocycles.